The van der Waals surface area contributed by atoms with Crippen LogP contribution in [0.15, 0.2) is 23.4 Å². The van der Waals surface area contributed by atoms with Gasteiger partial charge in [0.05, 0.1) is 6.61 Å². The van der Waals surface area contributed by atoms with E-state index in [-0.39, 0.29) is 32.8 Å². The first-order valence-corrected chi connectivity index (χ1v) is 7.93. The predicted octanol–water partition coefficient (Wildman–Crippen LogP) is 0.683. The molecule has 0 radical (unpaired) electrons. The van der Waals surface area contributed by atoms with E-state index in [1.54, 1.807) is 6.92 Å². The van der Waals surface area contributed by atoms with Gasteiger partial charge in [-0.25, -0.2) is 22.6 Å². The molecule has 0 unspecified atom stereocenters. The van der Waals surface area contributed by atoms with E-state index >= 15 is 0 Å². The van der Waals surface area contributed by atoms with E-state index in [0.717, 1.165) is 10.4 Å². The highest BCUT2D eigenvalue weighted by atomic mass is 32.2. The molecule has 7 nitrogen and oxygen atoms in total. The molecule has 116 valence electrons. The minimum absolute atomic E-state index is 0.0805. The number of carbonyl (C=O) groups excluding carboxylic acids is 1. The number of sulfonamides is 1. The lowest BCUT2D eigenvalue weighted by atomic mass is 10.4. The summed E-state index contributed by atoms with van der Waals surface area (Å²) in [7, 11) is -3.99. The van der Waals surface area contributed by atoms with Crippen LogP contribution in [0, 0.1) is 5.82 Å². The lowest BCUT2D eigenvalue weighted by Gasteiger charge is -2.32. The summed E-state index contributed by atoms with van der Waals surface area (Å²) in [6.07, 6.45) is 0.753. The van der Waals surface area contributed by atoms with E-state index in [2.05, 4.69) is 4.98 Å². The summed E-state index contributed by atoms with van der Waals surface area (Å²) in [5, 5.41) is -0.588. The fourth-order valence-electron chi connectivity index (χ4n) is 2.01. The van der Waals surface area contributed by atoms with Crippen LogP contribution < -0.4 is 0 Å². The van der Waals surface area contributed by atoms with Gasteiger partial charge in [-0.15, -0.1) is 0 Å². The average Bonchev–Trinajstić information content (AvgIpc) is 2.48. The van der Waals surface area contributed by atoms with E-state index in [1.165, 1.54) is 17.2 Å². The molecule has 0 atom stereocenters. The van der Waals surface area contributed by atoms with Gasteiger partial charge in [0.15, 0.2) is 5.82 Å². The monoisotopic (exact) mass is 317 g/mol. The second-order valence-electron chi connectivity index (χ2n) is 4.38. The number of carbonyl (C=O) groups is 1. The second kappa shape index (κ2) is 6.35. The molecule has 21 heavy (non-hydrogen) atoms. The van der Waals surface area contributed by atoms with Crippen LogP contribution in [0.1, 0.15) is 6.92 Å². The van der Waals surface area contributed by atoms with Gasteiger partial charge in [0.25, 0.3) is 10.0 Å². The summed E-state index contributed by atoms with van der Waals surface area (Å²) in [5.74, 6) is -0.884. The Balaban J connectivity index is 2.08. The number of hydrogen-bond donors (Lipinski definition) is 0. The maximum atomic E-state index is 13.6. The summed E-state index contributed by atoms with van der Waals surface area (Å²) in [6, 6.07) is 2.38. The normalized spacial score (nSPS) is 16.8. The minimum Gasteiger partial charge on any atom is -0.450 e. The first-order chi connectivity index (χ1) is 9.96. The Hall–Kier alpha value is -1.74. The molecule has 1 aliphatic rings. The Morgan fingerprint density at radius 2 is 2.05 bits per heavy atom. The standard InChI is InChI=1S/C12H16FN3O4S/c1-2-20-12(17)15-6-8-16(9-7-15)21(18,19)11-10(13)4-3-5-14-11/h3-5H,2,6-9H2,1H3. The molecule has 0 bridgehead atoms. The van der Waals surface area contributed by atoms with Crippen LogP contribution in [0.2, 0.25) is 0 Å². The number of halogens is 1. The number of ether oxygens (including phenoxy) is 1. The van der Waals surface area contributed by atoms with Crippen LogP contribution in [0.4, 0.5) is 9.18 Å². The number of amides is 1. The minimum atomic E-state index is -3.99. The van der Waals surface area contributed by atoms with Gasteiger partial charge in [-0.1, -0.05) is 0 Å². The average molecular weight is 317 g/mol. The Labute approximate surface area is 122 Å². The second-order valence-corrected chi connectivity index (χ2v) is 6.23. The summed E-state index contributed by atoms with van der Waals surface area (Å²) in [6.45, 7) is 2.52. The van der Waals surface area contributed by atoms with Crippen molar-refractivity contribution in [2.24, 2.45) is 0 Å². The Bertz CT molecular complexity index is 615. The molecule has 1 saturated heterocycles. The SMILES string of the molecule is CCOC(=O)N1CCN(S(=O)(=O)c2ncccc2F)CC1. The van der Waals surface area contributed by atoms with E-state index < -0.39 is 27.0 Å². The Kier molecular flexibility index (Phi) is 4.73. The third kappa shape index (κ3) is 3.30. The first kappa shape index (κ1) is 15.6. The van der Waals surface area contributed by atoms with Crippen LogP contribution in [0.25, 0.3) is 0 Å². The molecule has 1 aromatic heterocycles. The van der Waals surface area contributed by atoms with Crippen molar-refractivity contribution in [1.82, 2.24) is 14.2 Å². The summed E-state index contributed by atoms with van der Waals surface area (Å²) < 4.78 is 44.2. The van der Waals surface area contributed by atoms with Gasteiger partial charge in [0, 0.05) is 32.4 Å². The number of pyridine rings is 1. The molecule has 1 aliphatic heterocycles. The Morgan fingerprint density at radius 3 is 2.62 bits per heavy atom. The van der Waals surface area contributed by atoms with E-state index in [4.69, 9.17) is 4.74 Å². The number of piperazine rings is 1. The molecule has 2 heterocycles. The Morgan fingerprint density at radius 1 is 1.38 bits per heavy atom. The molecular formula is C12H16FN3O4S. The molecule has 0 aromatic carbocycles. The zero-order chi connectivity index (χ0) is 15.5. The number of rotatable bonds is 3. The van der Waals surface area contributed by atoms with Gasteiger partial charge in [-0.2, -0.15) is 4.31 Å². The van der Waals surface area contributed by atoms with Gasteiger partial charge in [0.1, 0.15) is 0 Å². The first-order valence-electron chi connectivity index (χ1n) is 6.49. The number of hydrogen-bond acceptors (Lipinski definition) is 5. The molecular weight excluding hydrogens is 301 g/mol. The molecule has 2 rings (SSSR count). The smallest absolute Gasteiger partial charge is 0.409 e. The molecule has 1 amide bonds. The van der Waals surface area contributed by atoms with Crippen molar-refractivity contribution in [1.29, 1.82) is 0 Å². The molecule has 1 fully saturated rings. The van der Waals surface area contributed by atoms with Crippen LogP contribution >= 0.6 is 0 Å². The number of aromatic nitrogens is 1. The summed E-state index contributed by atoms with van der Waals surface area (Å²) in [4.78, 5) is 16.6. The third-order valence-corrected chi connectivity index (χ3v) is 4.91. The molecule has 0 aliphatic carbocycles. The molecule has 9 heteroatoms. The van der Waals surface area contributed by atoms with Crippen molar-refractivity contribution >= 4 is 16.1 Å². The maximum absolute atomic E-state index is 13.6. The molecule has 0 N–H and O–H groups in total. The van der Waals surface area contributed by atoms with Crippen molar-refractivity contribution in [3.05, 3.63) is 24.1 Å². The van der Waals surface area contributed by atoms with Gasteiger partial charge in [0.2, 0.25) is 5.03 Å². The largest absolute Gasteiger partial charge is 0.450 e. The maximum Gasteiger partial charge on any atom is 0.409 e. The van der Waals surface area contributed by atoms with E-state index in [0.29, 0.717) is 0 Å². The van der Waals surface area contributed by atoms with Crippen LogP contribution in [-0.2, 0) is 14.8 Å². The molecule has 0 saturated carbocycles. The lowest BCUT2D eigenvalue weighted by molar-refractivity contribution is 0.0933. The van der Waals surface area contributed by atoms with Gasteiger partial charge in [-0.05, 0) is 19.1 Å². The van der Waals surface area contributed by atoms with Crippen molar-refractivity contribution in [3.63, 3.8) is 0 Å². The van der Waals surface area contributed by atoms with Crippen molar-refractivity contribution in [2.45, 2.75) is 11.9 Å². The topological polar surface area (TPSA) is 79.8 Å². The molecule has 1 aromatic rings. The summed E-state index contributed by atoms with van der Waals surface area (Å²) in [5.41, 5.74) is 0. The van der Waals surface area contributed by atoms with Gasteiger partial charge < -0.3 is 9.64 Å². The quantitative estimate of drug-likeness (QED) is 0.819. The van der Waals surface area contributed by atoms with Gasteiger partial charge in [-0.3, -0.25) is 0 Å². The van der Waals surface area contributed by atoms with Crippen LogP contribution in [0.3, 0.4) is 0 Å². The highest BCUT2D eigenvalue weighted by Crippen LogP contribution is 2.18. The zero-order valence-electron chi connectivity index (χ0n) is 11.5. The van der Waals surface area contributed by atoms with E-state index in [1.807, 2.05) is 0 Å². The van der Waals surface area contributed by atoms with Crippen LogP contribution in [-0.4, -0.2) is 61.5 Å². The third-order valence-electron chi connectivity index (χ3n) is 3.07. The summed E-state index contributed by atoms with van der Waals surface area (Å²) >= 11 is 0. The van der Waals surface area contributed by atoms with Crippen LogP contribution in [0.5, 0.6) is 0 Å². The van der Waals surface area contributed by atoms with E-state index in [9.17, 15) is 17.6 Å². The lowest BCUT2D eigenvalue weighted by Crippen LogP contribution is -2.50. The fourth-order valence-corrected chi connectivity index (χ4v) is 3.41. The van der Waals surface area contributed by atoms with Crippen molar-refractivity contribution in [2.75, 3.05) is 32.8 Å². The zero-order valence-corrected chi connectivity index (χ0v) is 12.3. The highest BCUT2D eigenvalue weighted by Gasteiger charge is 2.33. The fraction of sp³-hybridized carbons (Fsp3) is 0.500. The predicted molar refractivity (Wildman–Crippen MR) is 71.5 cm³/mol. The highest BCUT2D eigenvalue weighted by molar-refractivity contribution is 7.89. The molecule has 0 spiro atoms. The number of nitrogens with zero attached hydrogens (tertiary/aromatic N) is 3. The van der Waals surface area contributed by atoms with Crippen molar-refractivity contribution < 1.29 is 22.3 Å². The van der Waals surface area contributed by atoms with Gasteiger partial charge >= 0.3 is 6.09 Å². The van der Waals surface area contributed by atoms with Crippen molar-refractivity contribution in [3.8, 4) is 0 Å².